The van der Waals surface area contributed by atoms with Gasteiger partial charge in [0, 0.05) is 24.7 Å². The van der Waals surface area contributed by atoms with Crippen molar-refractivity contribution in [2.45, 2.75) is 37.6 Å². The molecule has 0 atom stereocenters. The number of ether oxygens (including phenoxy) is 1. The highest BCUT2D eigenvalue weighted by Crippen LogP contribution is 2.27. The quantitative estimate of drug-likeness (QED) is 0.701. The van der Waals surface area contributed by atoms with Crippen molar-refractivity contribution in [2.75, 3.05) is 23.3 Å². The first-order valence-electron chi connectivity index (χ1n) is 9.63. The molecule has 3 rings (SSSR count). The van der Waals surface area contributed by atoms with E-state index in [1.165, 1.54) is 25.3 Å². The van der Waals surface area contributed by atoms with Gasteiger partial charge in [0.1, 0.15) is 5.75 Å². The molecule has 8 nitrogen and oxygen atoms in total. The van der Waals surface area contributed by atoms with Crippen LogP contribution in [0.15, 0.2) is 47.4 Å². The van der Waals surface area contributed by atoms with Gasteiger partial charge in [0.15, 0.2) is 0 Å². The van der Waals surface area contributed by atoms with Gasteiger partial charge in [-0.15, -0.1) is 0 Å². The average molecular weight is 432 g/mol. The number of rotatable bonds is 7. The zero-order valence-electron chi connectivity index (χ0n) is 17.1. The molecule has 0 radical (unpaired) electrons. The molecule has 0 bridgehead atoms. The number of anilines is 2. The van der Waals surface area contributed by atoms with Crippen molar-refractivity contribution in [3.63, 3.8) is 0 Å². The van der Waals surface area contributed by atoms with Crippen molar-refractivity contribution in [3.05, 3.63) is 48.0 Å². The van der Waals surface area contributed by atoms with E-state index in [1.54, 1.807) is 29.2 Å². The minimum absolute atomic E-state index is 0.0194. The van der Waals surface area contributed by atoms with E-state index < -0.39 is 15.9 Å². The number of sulfonamides is 1. The number of amides is 2. The summed E-state index contributed by atoms with van der Waals surface area (Å²) < 4.78 is 33.6. The van der Waals surface area contributed by atoms with Crippen molar-refractivity contribution >= 4 is 33.2 Å². The van der Waals surface area contributed by atoms with Crippen molar-refractivity contribution < 1.29 is 22.7 Å². The van der Waals surface area contributed by atoms with Gasteiger partial charge < -0.3 is 15.0 Å². The number of carbonyl (C=O) groups is 2. The Balaban J connectivity index is 1.89. The summed E-state index contributed by atoms with van der Waals surface area (Å²) in [4.78, 5) is 26.0. The summed E-state index contributed by atoms with van der Waals surface area (Å²) in [5, 5.41) is 2.73. The summed E-state index contributed by atoms with van der Waals surface area (Å²) in [7, 11) is -2.55. The fourth-order valence-electron chi connectivity index (χ4n) is 3.24. The van der Waals surface area contributed by atoms with Crippen LogP contribution in [0, 0.1) is 0 Å². The predicted octanol–water partition coefficient (Wildman–Crippen LogP) is 2.76. The van der Waals surface area contributed by atoms with Crippen LogP contribution in [0.1, 0.15) is 37.0 Å². The van der Waals surface area contributed by atoms with Gasteiger partial charge in [0.05, 0.1) is 23.3 Å². The Kier molecular flexibility index (Phi) is 6.31. The number of hydrogen-bond acceptors (Lipinski definition) is 5. The Hall–Kier alpha value is -3.07. The number of hydrogen-bond donors (Lipinski definition) is 2. The Morgan fingerprint density at radius 2 is 1.93 bits per heavy atom. The zero-order chi connectivity index (χ0) is 21.9. The van der Waals surface area contributed by atoms with Gasteiger partial charge in [0.2, 0.25) is 5.91 Å². The van der Waals surface area contributed by atoms with Crippen molar-refractivity contribution in [2.24, 2.45) is 0 Å². The van der Waals surface area contributed by atoms with Crippen molar-refractivity contribution in [1.29, 1.82) is 0 Å². The average Bonchev–Trinajstić information content (AvgIpc) is 3.12. The first kappa shape index (κ1) is 21.6. The lowest BCUT2D eigenvalue weighted by Gasteiger charge is -2.17. The van der Waals surface area contributed by atoms with Crippen LogP contribution in [0.25, 0.3) is 0 Å². The fourth-order valence-corrected chi connectivity index (χ4v) is 4.32. The lowest BCUT2D eigenvalue weighted by Crippen LogP contribution is -2.30. The van der Waals surface area contributed by atoms with E-state index in [1.807, 2.05) is 13.8 Å². The molecule has 0 aromatic heterocycles. The van der Waals surface area contributed by atoms with E-state index in [0.717, 1.165) is 6.42 Å². The third-order valence-electron chi connectivity index (χ3n) is 4.63. The lowest BCUT2D eigenvalue weighted by molar-refractivity contribution is -0.117. The van der Waals surface area contributed by atoms with Crippen LogP contribution < -0.4 is 19.7 Å². The SMILES string of the molecule is COc1ccc(S(=O)(=O)Nc2cccc(N3CCCC3=O)c2)cc1C(=O)NC(C)C. The normalized spacial score (nSPS) is 14.1. The van der Waals surface area contributed by atoms with Gasteiger partial charge in [-0.2, -0.15) is 0 Å². The molecule has 0 saturated carbocycles. The molecule has 0 aliphatic carbocycles. The fraction of sp³-hybridized carbons (Fsp3) is 0.333. The van der Waals surface area contributed by atoms with Gasteiger partial charge in [0.25, 0.3) is 15.9 Å². The van der Waals surface area contributed by atoms with Gasteiger partial charge in [-0.05, 0) is 56.7 Å². The highest BCUT2D eigenvalue weighted by atomic mass is 32.2. The molecule has 30 heavy (non-hydrogen) atoms. The Morgan fingerprint density at radius 1 is 1.17 bits per heavy atom. The van der Waals surface area contributed by atoms with Crippen LogP contribution in [0.4, 0.5) is 11.4 Å². The first-order valence-corrected chi connectivity index (χ1v) is 11.1. The largest absolute Gasteiger partial charge is 0.496 e. The molecule has 9 heteroatoms. The smallest absolute Gasteiger partial charge is 0.261 e. The molecular weight excluding hydrogens is 406 g/mol. The monoisotopic (exact) mass is 431 g/mol. The third kappa shape index (κ3) is 4.73. The Morgan fingerprint density at radius 3 is 2.57 bits per heavy atom. The maximum absolute atomic E-state index is 12.9. The molecule has 1 aliphatic rings. The molecule has 2 N–H and O–H groups in total. The maximum Gasteiger partial charge on any atom is 0.261 e. The molecule has 2 aromatic carbocycles. The molecule has 1 fully saturated rings. The molecule has 1 aliphatic heterocycles. The van der Waals surface area contributed by atoms with Gasteiger partial charge in [-0.3, -0.25) is 14.3 Å². The van der Waals surface area contributed by atoms with Crippen LogP contribution in [0.5, 0.6) is 5.75 Å². The highest BCUT2D eigenvalue weighted by Gasteiger charge is 2.23. The van der Waals surface area contributed by atoms with E-state index in [0.29, 0.717) is 24.3 Å². The lowest BCUT2D eigenvalue weighted by atomic mass is 10.2. The van der Waals surface area contributed by atoms with Gasteiger partial charge >= 0.3 is 0 Å². The highest BCUT2D eigenvalue weighted by molar-refractivity contribution is 7.92. The summed E-state index contributed by atoms with van der Waals surface area (Å²) in [6.45, 7) is 4.23. The summed E-state index contributed by atoms with van der Waals surface area (Å²) in [6, 6.07) is 10.7. The molecule has 0 spiro atoms. The van der Waals surface area contributed by atoms with Crippen LogP contribution in [0.2, 0.25) is 0 Å². The molecule has 1 heterocycles. The molecular formula is C21H25N3O5S. The summed E-state index contributed by atoms with van der Waals surface area (Å²) in [5.74, 6) is -0.124. The number of nitrogens with one attached hydrogen (secondary N) is 2. The molecule has 0 unspecified atom stereocenters. The molecule has 1 saturated heterocycles. The second kappa shape index (κ2) is 8.74. The predicted molar refractivity (Wildman–Crippen MR) is 114 cm³/mol. The van der Waals surface area contributed by atoms with Crippen LogP contribution in [-0.4, -0.2) is 39.9 Å². The van der Waals surface area contributed by atoms with Gasteiger partial charge in [-0.1, -0.05) is 6.07 Å². The van der Waals surface area contributed by atoms with Gasteiger partial charge in [-0.25, -0.2) is 8.42 Å². The van der Waals surface area contributed by atoms with Crippen LogP contribution in [-0.2, 0) is 14.8 Å². The summed E-state index contributed by atoms with van der Waals surface area (Å²) >= 11 is 0. The first-order chi connectivity index (χ1) is 14.2. The van der Waals surface area contributed by atoms with Crippen LogP contribution >= 0.6 is 0 Å². The molecule has 2 amide bonds. The zero-order valence-corrected chi connectivity index (χ0v) is 18.0. The second-order valence-corrected chi connectivity index (χ2v) is 8.98. The van der Waals surface area contributed by atoms with Crippen LogP contribution in [0.3, 0.4) is 0 Å². The number of benzene rings is 2. The summed E-state index contributed by atoms with van der Waals surface area (Å²) in [6.07, 6.45) is 1.27. The Bertz CT molecular complexity index is 1070. The standard InChI is InChI=1S/C21H25N3O5S/c1-14(2)22-21(26)18-13-17(9-10-19(18)29-3)30(27,28)23-15-6-4-7-16(12-15)24-11-5-8-20(24)25/h4,6-7,9-10,12-14,23H,5,8,11H2,1-3H3,(H,22,26). The summed E-state index contributed by atoms with van der Waals surface area (Å²) in [5.41, 5.74) is 1.10. The minimum Gasteiger partial charge on any atom is -0.496 e. The molecule has 2 aromatic rings. The van der Waals surface area contributed by atoms with E-state index in [-0.39, 0.29) is 28.2 Å². The van der Waals surface area contributed by atoms with E-state index in [2.05, 4.69) is 10.0 Å². The second-order valence-electron chi connectivity index (χ2n) is 7.30. The third-order valence-corrected chi connectivity index (χ3v) is 6.01. The van der Waals surface area contributed by atoms with E-state index in [4.69, 9.17) is 4.74 Å². The number of carbonyl (C=O) groups excluding carboxylic acids is 2. The van der Waals surface area contributed by atoms with E-state index in [9.17, 15) is 18.0 Å². The number of methoxy groups -OCH3 is 1. The molecule has 160 valence electrons. The minimum atomic E-state index is -3.97. The number of nitrogens with zero attached hydrogens (tertiary/aromatic N) is 1. The topological polar surface area (TPSA) is 105 Å². The van der Waals surface area contributed by atoms with Crippen molar-refractivity contribution in [3.8, 4) is 5.75 Å². The van der Waals surface area contributed by atoms with Crippen molar-refractivity contribution in [1.82, 2.24) is 5.32 Å². The Labute approximate surface area is 176 Å². The van der Waals surface area contributed by atoms with E-state index >= 15 is 0 Å². The maximum atomic E-state index is 12.9.